The van der Waals surface area contributed by atoms with Gasteiger partial charge in [0.15, 0.2) is 6.04 Å². The molecule has 4 atom stereocenters. The van der Waals surface area contributed by atoms with Gasteiger partial charge in [-0.3, -0.25) is 4.99 Å². The van der Waals surface area contributed by atoms with Crippen LogP contribution in [0.4, 0.5) is 0 Å². The third kappa shape index (κ3) is 2.42. The molecule has 0 saturated heterocycles. The summed E-state index contributed by atoms with van der Waals surface area (Å²) >= 11 is 0. The van der Waals surface area contributed by atoms with Crippen molar-refractivity contribution in [3.63, 3.8) is 0 Å². The molecule has 4 nitrogen and oxygen atoms in total. The number of carbonyl (C=O) groups excluding carboxylic acids is 1. The number of fused-ring (bicyclic) bond motifs is 4. The van der Waals surface area contributed by atoms with Gasteiger partial charge >= 0.3 is 5.97 Å². The second-order valence-corrected chi connectivity index (χ2v) is 8.46. The van der Waals surface area contributed by atoms with Crippen LogP contribution in [0.2, 0.25) is 0 Å². The molecule has 2 heterocycles. The van der Waals surface area contributed by atoms with Gasteiger partial charge < -0.3 is 9.72 Å². The molecule has 0 spiro atoms. The first-order valence-corrected chi connectivity index (χ1v) is 9.99. The number of H-pyrrole nitrogens is 1. The number of esters is 1. The van der Waals surface area contributed by atoms with Crippen LogP contribution in [0.25, 0.3) is 10.9 Å². The maximum atomic E-state index is 12.6. The van der Waals surface area contributed by atoms with Crippen molar-refractivity contribution in [1.29, 1.82) is 0 Å². The van der Waals surface area contributed by atoms with E-state index < -0.39 is 6.04 Å². The number of benzene rings is 1. The molecule has 1 aromatic heterocycles. The maximum Gasteiger partial charge on any atom is 0.331 e. The highest BCUT2D eigenvalue weighted by molar-refractivity contribution is 6.00. The molecule has 1 aliphatic heterocycles. The minimum atomic E-state index is -0.405. The SMILES string of the molecule is C[C@@]12CCCC[C@H]1CC[C@@H]1OC(=O)[C@H](Cc3c[nH]c4ccccc34)N=C12. The molecule has 2 saturated carbocycles. The van der Waals surface area contributed by atoms with E-state index in [0.717, 1.165) is 17.5 Å². The van der Waals surface area contributed by atoms with Gasteiger partial charge in [-0.05, 0) is 43.2 Å². The standard InChI is InChI=1S/C22H26N2O2/c1-22-11-5-4-6-15(22)9-10-19-20(22)24-18(21(25)26-19)12-14-13-23-17-8-3-2-7-16(14)17/h2-3,7-8,13,15,18-19,23H,4-6,9-12H2,1H3/t15-,18-,19-,22+/m0/s1. The number of ether oxygens (including phenoxy) is 1. The molecule has 1 N–H and O–H groups in total. The molecule has 2 fully saturated rings. The lowest BCUT2D eigenvalue weighted by Gasteiger charge is -2.50. The summed E-state index contributed by atoms with van der Waals surface area (Å²) in [6, 6.07) is 7.82. The number of nitrogens with zero attached hydrogens (tertiary/aromatic N) is 1. The summed E-state index contributed by atoms with van der Waals surface area (Å²) in [6.07, 6.45) is 9.73. The topological polar surface area (TPSA) is 54.5 Å². The van der Waals surface area contributed by atoms with Crippen molar-refractivity contribution in [3.05, 3.63) is 36.0 Å². The summed E-state index contributed by atoms with van der Waals surface area (Å²) in [5.41, 5.74) is 3.55. The van der Waals surface area contributed by atoms with Crippen LogP contribution < -0.4 is 0 Å². The monoisotopic (exact) mass is 350 g/mol. The third-order valence-electron chi connectivity index (χ3n) is 6.98. The molecule has 2 aromatic rings. The first kappa shape index (κ1) is 16.1. The summed E-state index contributed by atoms with van der Waals surface area (Å²) in [7, 11) is 0. The fraction of sp³-hybridized carbons (Fsp3) is 0.545. The van der Waals surface area contributed by atoms with Crippen molar-refractivity contribution in [2.45, 2.75) is 64.0 Å². The van der Waals surface area contributed by atoms with Crippen LogP contribution >= 0.6 is 0 Å². The fourth-order valence-corrected chi connectivity index (χ4v) is 5.49. The lowest BCUT2D eigenvalue weighted by atomic mass is 9.58. The van der Waals surface area contributed by atoms with E-state index in [1.807, 2.05) is 18.3 Å². The van der Waals surface area contributed by atoms with Crippen LogP contribution in [-0.2, 0) is 16.0 Å². The number of hydrogen-bond donors (Lipinski definition) is 1. The predicted molar refractivity (Wildman–Crippen MR) is 102 cm³/mol. The van der Waals surface area contributed by atoms with Crippen molar-refractivity contribution in [1.82, 2.24) is 4.98 Å². The Hall–Kier alpha value is -2.10. The van der Waals surface area contributed by atoms with Gasteiger partial charge in [-0.25, -0.2) is 4.79 Å². The highest BCUT2D eigenvalue weighted by atomic mass is 16.5. The van der Waals surface area contributed by atoms with Crippen molar-refractivity contribution < 1.29 is 9.53 Å². The maximum absolute atomic E-state index is 12.6. The molecular formula is C22H26N2O2. The van der Waals surface area contributed by atoms with Gasteiger partial charge in [0, 0.05) is 28.9 Å². The Bertz CT molecular complexity index is 883. The average molecular weight is 350 g/mol. The number of carbonyl (C=O) groups is 1. The van der Waals surface area contributed by atoms with Crippen LogP contribution in [0.15, 0.2) is 35.5 Å². The van der Waals surface area contributed by atoms with Crippen molar-refractivity contribution >= 4 is 22.6 Å². The molecule has 0 unspecified atom stereocenters. The number of aromatic nitrogens is 1. The molecule has 5 rings (SSSR count). The molecule has 26 heavy (non-hydrogen) atoms. The minimum Gasteiger partial charge on any atom is -0.455 e. The fourth-order valence-electron chi connectivity index (χ4n) is 5.49. The van der Waals surface area contributed by atoms with Gasteiger partial charge in [0.05, 0.1) is 5.71 Å². The van der Waals surface area contributed by atoms with Crippen LogP contribution in [0.3, 0.4) is 0 Å². The Labute approximate surface area is 154 Å². The Morgan fingerprint density at radius 3 is 3.04 bits per heavy atom. The minimum absolute atomic E-state index is 0.0823. The number of hydrogen-bond acceptors (Lipinski definition) is 3. The van der Waals surface area contributed by atoms with Gasteiger partial charge in [0.1, 0.15) is 6.10 Å². The van der Waals surface area contributed by atoms with Crippen LogP contribution in [0, 0.1) is 11.3 Å². The van der Waals surface area contributed by atoms with Gasteiger partial charge in [-0.15, -0.1) is 0 Å². The van der Waals surface area contributed by atoms with E-state index in [-0.39, 0.29) is 17.5 Å². The zero-order valence-electron chi connectivity index (χ0n) is 15.3. The second kappa shape index (κ2) is 5.97. The first-order valence-electron chi connectivity index (χ1n) is 9.99. The van der Waals surface area contributed by atoms with Gasteiger partial charge in [-0.2, -0.15) is 0 Å². The van der Waals surface area contributed by atoms with Gasteiger partial charge in [0.25, 0.3) is 0 Å². The van der Waals surface area contributed by atoms with E-state index in [0.29, 0.717) is 12.3 Å². The van der Waals surface area contributed by atoms with E-state index >= 15 is 0 Å². The van der Waals surface area contributed by atoms with Crippen molar-refractivity contribution in [2.24, 2.45) is 16.3 Å². The molecule has 0 amide bonds. The smallest absolute Gasteiger partial charge is 0.331 e. The number of para-hydroxylation sites is 1. The molecule has 136 valence electrons. The second-order valence-electron chi connectivity index (χ2n) is 8.46. The Balaban J connectivity index is 1.49. The van der Waals surface area contributed by atoms with Gasteiger partial charge in [0.2, 0.25) is 0 Å². The van der Waals surface area contributed by atoms with E-state index in [4.69, 9.17) is 9.73 Å². The lowest BCUT2D eigenvalue weighted by Crippen LogP contribution is -2.53. The average Bonchev–Trinajstić information content (AvgIpc) is 3.05. The largest absolute Gasteiger partial charge is 0.455 e. The molecule has 3 aliphatic rings. The lowest BCUT2D eigenvalue weighted by molar-refractivity contribution is -0.150. The van der Waals surface area contributed by atoms with E-state index in [1.165, 1.54) is 43.2 Å². The number of nitrogens with one attached hydrogen (secondary N) is 1. The summed E-state index contributed by atoms with van der Waals surface area (Å²) in [5, 5.41) is 1.17. The van der Waals surface area contributed by atoms with Crippen LogP contribution in [0.5, 0.6) is 0 Å². The van der Waals surface area contributed by atoms with Crippen molar-refractivity contribution in [3.8, 4) is 0 Å². The molecule has 1 aromatic carbocycles. The first-order chi connectivity index (χ1) is 12.6. The summed E-state index contributed by atoms with van der Waals surface area (Å²) in [4.78, 5) is 21.0. The number of aromatic amines is 1. The van der Waals surface area contributed by atoms with E-state index in [9.17, 15) is 4.79 Å². The predicted octanol–water partition coefficient (Wildman–Crippen LogP) is 4.44. The summed E-state index contributed by atoms with van der Waals surface area (Å²) in [5.74, 6) is 0.554. The van der Waals surface area contributed by atoms with E-state index in [1.54, 1.807) is 0 Å². The number of rotatable bonds is 2. The zero-order valence-corrected chi connectivity index (χ0v) is 15.3. The number of aliphatic imine (C=N–C) groups is 1. The highest BCUT2D eigenvalue weighted by Crippen LogP contribution is 2.50. The normalized spacial score (nSPS) is 34.0. The van der Waals surface area contributed by atoms with Gasteiger partial charge in [-0.1, -0.05) is 38.0 Å². The Morgan fingerprint density at radius 2 is 2.12 bits per heavy atom. The van der Waals surface area contributed by atoms with E-state index in [2.05, 4.69) is 24.0 Å². The molecule has 0 bridgehead atoms. The van der Waals surface area contributed by atoms with Crippen LogP contribution in [0.1, 0.15) is 51.0 Å². The molecule has 4 heteroatoms. The summed E-state index contributed by atoms with van der Waals surface area (Å²) in [6.45, 7) is 2.36. The summed E-state index contributed by atoms with van der Waals surface area (Å²) < 4.78 is 5.90. The Kier molecular flexibility index (Phi) is 3.70. The Morgan fingerprint density at radius 1 is 1.23 bits per heavy atom. The molecule has 2 aliphatic carbocycles. The van der Waals surface area contributed by atoms with Crippen LogP contribution in [-0.4, -0.2) is 28.8 Å². The molecular weight excluding hydrogens is 324 g/mol. The quantitative estimate of drug-likeness (QED) is 0.814. The zero-order chi connectivity index (χ0) is 17.7. The highest BCUT2D eigenvalue weighted by Gasteiger charge is 2.50. The molecule has 0 radical (unpaired) electrons. The third-order valence-corrected chi connectivity index (χ3v) is 6.98. The van der Waals surface area contributed by atoms with Crippen molar-refractivity contribution in [2.75, 3.05) is 0 Å².